The minimum Gasteiger partial charge on any atom is -0.384 e. The van der Waals surface area contributed by atoms with Crippen LogP contribution >= 0.6 is 11.6 Å². The first-order chi connectivity index (χ1) is 9.65. The molecule has 0 saturated carbocycles. The Bertz CT molecular complexity index is 744. The molecule has 0 radical (unpaired) electrons. The van der Waals surface area contributed by atoms with E-state index in [1.165, 1.54) is 0 Å². The molecule has 1 aromatic heterocycles. The molecular formula is C17H14ClNO. The minimum atomic E-state index is -0.696. The van der Waals surface area contributed by atoms with Crippen LogP contribution in [-0.4, -0.2) is 10.1 Å². The van der Waals surface area contributed by atoms with E-state index in [2.05, 4.69) is 4.98 Å². The van der Waals surface area contributed by atoms with E-state index in [9.17, 15) is 5.11 Å². The summed E-state index contributed by atoms with van der Waals surface area (Å²) < 4.78 is 0. The Morgan fingerprint density at radius 3 is 2.80 bits per heavy atom. The average Bonchev–Trinajstić information content (AvgIpc) is 2.45. The Kier molecular flexibility index (Phi) is 3.43. The molecule has 3 rings (SSSR count). The summed E-state index contributed by atoms with van der Waals surface area (Å²) in [5.74, 6) is 0. The first-order valence-electron chi connectivity index (χ1n) is 6.43. The lowest BCUT2D eigenvalue weighted by Crippen LogP contribution is -2.01. The van der Waals surface area contributed by atoms with Gasteiger partial charge in [-0.15, -0.1) is 0 Å². The van der Waals surface area contributed by atoms with E-state index >= 15 is 0 Å². The zero-order chi connectivity index (χ0) is 14.1. The summed E-state index contributed by atoms with van der Waals surface area (Å²) in [5.41, 5.74) is 2.71. The number of aliphatic hydroxyl groups is 1. The zero-order valence-corrected chi connectivity index (χ0v) is 11.8. The molecule has 1 unspecified atom stereocenters. The van der Waals surface area contributed by atoms with Gasteiger partial charge < -0.3 is 5.11 Å². The highest BCUT2D eigenvalue weighted by atomic mass is 35.5. The predicted molar refractivity (Wildman–Crippen MR) is 82.0 cm³/mol. The maximum atomic E-state index is 10.7. The number of aliphatic hydroxyl groups excluding tert-OH is 1. The van der Waals surface area contributed by atoms with Crippen molar-refractivity contribution in [2.45, 2.75) is 13.0 Å². The van der Waals surface area contributed by atoms with Gasteiger partial charge >= 0.3 is 0 Å². The third-order valence-electron chi connectivity index (χ3n) is 3.39. The topological polar surface area (TPSA) is 33.1 Å². The molecule has 20 heavy (non-hydrogen) atoms. The van der Waals surface area contributed by atoms with Gasteiger partial charge in [-0.3, -0.25) is 4.98 Å². The summed E-state index contributed by atoms with van der Waals surface area (Å²) in [7, 11) is 0. The summed E-state index contributed by atoms with van der Waals surface area (Å²) in [6, 6.07) is 13.4. The molecule has 1 atom stereocenters. The van der Waals surface area contributed by atoms with Gasteiger partial charge in [-0.2, -0.15) is 0 Å². The highest BCUT2D eigenvalue weighted by molar-refractivity contribution is 6.30. The van der Waals surface area contributed by atoms with Gasteiger partial charge in [0.1, 0.15) is 6.10 Å². The molecule has 1 N–H and O–H groups in total. The predicted octanol–water partition coefficient (Wildman–Crippen LogP) is 4.28. The monoisotopic (exact) mass is 283 g/mol. The van der Waals surface area contributed by atoms with Gasteiger partial charge in [-0.05, 0) is 47.2 Å². The van der Waals surface area contributed by atoms with Crippen molar-refractivity contribution >= 4 is 22.4 Å². The SMILES string of the molecule is Cc1cc(Cl)cc(C(O)c2cccc3cnccc23)c1. The van der Waals surface area contributed by atoms with Crippen molar-refractivity contribution in [1.82, 2.24) is 4.98 Å². The summed E-state index contributed by atoms with van der Waals surface area (Å²) in [6.07, 6.45) is 2.84. The molecule has 0 saturated heterocycles. The highest BCUT2D eigenvalue weighted by Gasteiger charge is 2.14. The Morgan fingerprint density at radius 2 is 2.00 bits per heavy atom. The van der Waals surface area contributed by atoms with Crippen molar-refractivity contribution in [2.24, 2.45) is 0 Å². The molecule has 0 fully saturated rings. The van der Waals surface area contributed by atoms with Crippen LogP contribution in [0.15, 0.2) is 54.9 Å². The average molecular weight is 284 g/mol. The number of benzene rings is 2. The quantitative estimate of drug-likeness (QED) is 0.761. The van der Waals surface area contributed by atoms with Crippen LogP contribution < -0.4 is 0 Å². The number of aryl methyl sites for hydroxylation is 1. The van der Waals surface area contributed by atoms with Crippen molar-refractivity contribution < 1.29 is 5.11 Å². The maximum absolute atomic E-state index is 10.7. The largest absolute Gasteiger partial charge is 0.384 e. The summed E-state index contributed by atoms with van der Waals surface area (Å²) in [5, 5.41) is 13.3. The number of hydrogen-bond donors (Lipinski definition) is 1. The molecule has 0 aliphatic rings. The number of nitrogens with zero attached hydrogens (tertiary/aromatic N) is 1. The van der Waals surface area contributed by atoms with Crippen LogP contribution in [0.2, 0.25) is 5.02 Å². The zero-order valence-electron chi connectivity index (χ0n) is 11.0. The van der Waals surface area contributed by atoms with Crippen molar-refractivity contribution in [1.29, 1.82) is 0 Å². The standard InChI is InChI=1S/C17H14ClNO/c1-11-7-13(9-14(18)8-11)17(20)16-4-2-3-12-10-19-6-5-15(12)16/h2-10,17,20H,1H3. The molecule has 0 amide bonds. The lowest BCUT2D eigenvalue weighted by molar-refractivity contribution is 0.222. The Labute approximate surface area is 122 Å². The van der Waals surface area contributed by atoms with Gasteiger partial charge in [0.15, 0.2) is 0 Å². The minimum absolute atomic E-state index is 0.640. The molecular weight excluding hydrogens is 270 g/mol. The first-order valence-corrected chi connectivity index (χ1v) is 6.81. The molecule has 2 aromatic carbocycles. The number of halogens is 1. The molecule has 0 aliphatic heterocycles. The summed E-state index contributed by atoms with van der Waals surface area (Å²) in [6.45, 7) is 1.97. The number of rotatable bonds is 2. The molecule has 0 bridgehead atoms. The molecule has 3 heteroatoms. The summed E-state index contributed by atoms with van der Waals surface area (Å²) in [4.78, 5) is 4.11. The Morgan fingerprint density at radius 1 is 1.15 bits per heavy atom. The van der Waals surface area contributed by atoms with Crippen molar-refractivity contribution in [3.05, 3.63) is 76.6 Å². The molecule has 1 heterocycles. The van der Waals surface area contributed by atoms with Gasteiger partial charge in [0.25, 0.3) is 0 Å². The fourth-order valence-electron chi connectivity index (χ4n) is 2.49. The van der Waals surface area contributed by atoms with Gasteiger partial charge in [0.05, 0.1) is 0 Å². The Hall–Kier alpha value is -1.90. The fraction of sp³-hybridized carbons (Fsp3) is 0.118. The van der Waals surface area contributed by atoms with E-state index in [4.69, 9.17) is 11.6 Å². The van der Waals surface area contributed by atoms with Crippen LogP contribution in [0, 0.1) is 6.92 Å². The van der Waals surface area contributed by atoms with E-state index < -0.39 is 6.10 Å². The van der Waals surface area contributed by atoms with Crippen LogP contribution in [0.4, 0.5) is 0 Å². The second kappa shape index (κ2) is 5.23. The van der Waals surface area contributed by atoms with Gasteiger partial charge in [-0.1, -0.05) is 35.9 Å². The van der Waals surface area contributed by atoms with Crippen LogP contribution in [0.1, 0.15) is 22.8 Å². The normalized spacial score (nSPS) is 12.6. The van der Waals surface area contributed by atoms with Crippen molar-refractivity contribution in [3.63, 3.8) is 0 Å². The lowest BCUT2D eigenvalue weighted by atomic mass is 9.96. The molecule has 2 nitrogen and oxygen atoms in total. The third kappa shape index (κ3) is 2.40. The smallest absolute Gasteiger partial charge is 0.105 e. The maximum Gasteiger partial charge on any atom is 0.105 e. The second-order valence-corrected chi connectivity index (χ2v) is 5.34. The number of hydrogen-bond acceptors (Lipinski definition) is 2. The highest BCUT2D eigenvalue weighted by Crippen LogP contribution is 2.30. The van der Waals surface area contributed by atoms with Crippen LogP contribution in [-0.2, 0) is 0 Å². The van der Waals surface area contributed by atoms with Crippen LogP contribution in [0.25, 0.3) is 10.8 Å². The van der Waals surface area contributed by atoms with Crippen molar-refractivity contribution in [3.8, 4) is 0 Å². The van der Waals surface area contributed by atoms with Crippen molar-refractivity contribution in [2.75, 3.05) is 0 Å². The van der Waals surface area contributed by atoms with Crippen LogP contribution in [0.3, 0.4) is 0 Å². The van der Waals surface area contributed by atoms with E-state index in [0.717, 1.165) is 27.5 Å². The fourth-order valence-corrected chi connectivity index (χ4v) is 2.79. The number of fused-ring (bicyclic) bond motifs is 1. The van der Waals surface area contributed by atoms with Gasteiger partial charge in [0, 0.05) is 22.8 Å². The second-order valence-electron chi connectivity index (χ2n) is 4.91. The molecule has 0 spiro atoms. The molecule has 3 aromatic rings. The lowest BCUT2D eigenvalue weighted by Gasteiger charge is -2.15. The molecule has 0 aliphatic carbocycles. The molecule has 100 valence electrons. The first kappa shape index (κ1) is 13.1. The number of pyridine rings is 1. The van der Waals surface area contributed by atoms with E-state index in [-0.39, 0.29) is 0 Å². The van der Waals surface area contributed by atoms with Gasteiger partial charge in [-0.25, -0.2) is 0 Å². The van der Waals surface area contributed by atoms with Crippen LogP contribution in [0.5, 0.6) is 0 Å². The van der Waals surface area contributed by atoms with E-state index in [1.807, 2.05) is 43.3 Å². The van der Waals surface area contributed by atoms with E-state index in [0.29, 0.717) is 5.02 Å². The Balaban J connectivity index is 2.15. The summed E-state index contributed by atoms with van der Waals surface area (Å²) >= 11 is 6.08. The van der Waals surface area contributed by atoms with E-state index in [1.54, 1.807) is 18.5 Å². The third-order valence-corrected chi connectivity index (χ3v) is 3.61. The van der Waals surface area contributed by atoms with Gasteiger partial charge in [0.2, 0.25) is 0 Å². The number of aromatic nitrogens is 1.